The minimum Gasteiger partial charge on any atom is -0.481 e. The first-order chi connectivity index (χ1) is 9.58. The number of hydrogen-bond acceptors (Lipinski definition) is 3. The summed E-state index contributed by atoms with van der Waals surface area (Å²) in [5.41, 5.74) is 0.989. The molecule has 1 aliphatic rings. The van der Waals surface area contributed by atoms with Crippen LogP contribution >= 0.6 is 0 Å². The largest absolute Gasteiger partial charge is 0.481 e. The summed E-state index contributed by atoms with van der Waals surface area (Å²) in [6.45, 7) is 2.02. The number of carboxylic acids is 1. The number of rotatable bonds is 4. The Morgan fingerprint density at radius 1 is 1.45 bits per heavy atom. The lowest BCUT2D eigenvalue weighted by Gasteiger charge is -2.31. The van der Waals surface area contributed by atoms with Crippen LogP contribution in [0, 0.1) is 23.1 Å². The molecule has 1 fully saturated rings. The average Bonchev–Trinajstić information content (AvgIpc) is 2.43. The molecule has 0 aliphatic carbocycles. The lowest BCUT2D eigenvalue weighted by molar-refractivity contribution is -0.138. The molecule has 0 atom stereocenters. The van der Waals surface area contributed by atoms with E-state index >= 15 is 0 Å². The Labute approximate surface area is 117 Å². The van der Waals surface area contributed by atoms with E-state index in [1.165, 1.54) is 12.1 Å². The van der Waals surface area contributed by atoms with E-state index in [0.29, 0.717) is 17.7 Å². The van der Waals surface area contributed by atoms with Gasteiger partial charge in [0.15, 0.2) is 0 Å². The predicted octanol–water partition coefficient (Wildman–Crippen LogP) is 2.38. The monoisotopic (exact) mass is 276 g/mol. The SMILES string of the molecule is N#Cc1ccc(F)c(CN2CCC(CC(=O)O)CC2)c1. The van der Waals surface area contributed by atoms with Gasteiger partial charge in [-0.3, -0.25) is 9.69 Å². The van der Waals surface area contributed by atoms with Crippen molar-refractivity contribution in [3.63, 3.8) is 0 Å². The number of aliphatic carboxylic acids is 1. The zero-order chi connectivity index (χ0) is 14.5. The molecule has 1 saturated heterocycles. The molecule has 0 spiro atoms. The molecule has 0 radical (unpaired) electrons. The van der Waals surface area contributed by atoms with Gasteiger partial charge in [-0.15, -0.1) is 0 Å². The van der Waals surface area contributed by atoms with E-state index in [-0.39, 0.29) is 18.2 Å². The van der Waals surface area contributed by atoms with Crippen molar-refractivity contribution in [2.24, 2.45) is 5.92 Å². The maximum Gasteiger partial charge on any atom is 0.303 e. The summed E-state index contributed by atoms with van der Waals surface area (Å²) in [6.07, 6.45) is 1.86. The van der Waals surface area contributed by atoms with Crippen molar-refractivity contribution in [3.8, 4) is 6.07 Å². The molecule has 2 rings (SSSR count). The van der Waals surface area contributed by atoms with Gasteiger partial charge in [0.05, 0.1) is 11.6 Å². The van der Waals surface area contributed by atoms with E-state index in [1.807, 2.05) is 6.07 Å². The maximum atomic E-state index is 13.7. The van der Waals surface area contributed by atoms with Gasteiger partial charge in [-0.2, -0.15) is 5.26 Å². The Hall–Kier alpha value is -1.93. The number of nitrogens with zero attached hydrogens (tertiary/aromatic N) is 2. The van der Waals surface area contributed by atoms with Crippen molar-refractivity contribution in [2.75, 3.05) is 13.1 Å². The molecule has 1 aromatic carbocycles. The number of hydrogen-bond donors (Lipinski definition) is 1. The predicted molar refractivity (Wildman–Crippen MR) is 71.4 cm³/mol. The number of benzene rings is 1. The molecule has 4 nitrogen and oxygen atoms in total. The molecule has 106 valence electrons. The van der Waals surface area contributed by atoms with Crippen LogP contribution in [0.2, 0.25) is 0 Å². The van der Waals surface area contributed by atoms with E-state index < -0.39 is 5.97 Å². The van der Waals surface area contributed by atoms with Crippen LogP contribution < -0.4 is 0 Å². The fourth-order valence-corrected chi connectivity index (χ4v) is 2.60. The summed E-state index contributed by atoms with van der Waals surface area (Å²) >= 11 is 0. The number of likely N-dealkylation sites (tertiary alicyclic amines) is 1. The normalized spacial score (nSPS) is 16.8. The molecule has 0 saturated carbocycles. The second-order valence-electron chi connectivity index (χ2n) is 5.24. The third kappa shape index (κ3) is 3.78. The zero-order valence-electron chi connectivity index (χ0n) is 11.2. The number of carboxylic acid groups (broad SMARTS) is 1. The van der Waals surface area contributed by atoms with Crippen LogP contribution in [-0.2, 0) is 11.3 Å². The quantitative estimate of drug-likeness (QED) is 0.917. The highest BCUT2D eigenvalue weighted by Crippen LogP contribution is 2.22. The highest BCUT2D eigenvalue weighted by atomic mass is 19.1. The van der Waals surface area contributed by atoms with Gasteiger partial charge >= 0.3 is 5.97 Å². The summed E-state index contributed by atoms with van der Waals surface area (Å²) in [5, 5.41) is 17.6. The maximum absolute atomic E-state index is 13.7. The topological polar surface area (TPSA) is 64.3 Å². The smallest absolute Gasteiger partial charge is 0.303 e. The first-order valence-corrected chi connectivity index (χ1v) is 6.71. The number of carbonyl (C=O) groups is 1. The van der Waals surface area contributed by atoms with Gasteiger partial charge in [-0.25, -0.2) is 4.39 Å². The molecule has 1 aromatic rings. The second-order valence-corrected chi connectivity index (χ2v) is 5.24. The first kappa shape index (κ1) is 14.5. The van der Waals surface area contributed by atoms with Gasteiger partial charge < -0.3 is 5.11 Å². The fraction of sp³-hybridized carbons (Fsp3) is 0.467. The van der Waals surface area contributed by atoms with E-state index in [1.54, 1.807) is 6.07 Å². The summed E-state index contributed by atoms with van der Waals surface area (Å²) in [7, 11) is 0. The van der Waals surface area contributed by atoms with Crippen LogP contribution in [0.5, 0.6) is 0 Å². The minimum atomic E-state index is -0.754. The van der Waals surface area contributed by atoms with Crippen molar-refractivity contribution >= 4 is 5.97 Å². The average molecular weight is 276 g/mol. The molecule has 0 unspecified atom stereocenters. The third-order valence-corrected chi connectivity index (χ3v) is 3.74. The van der Waals surface area contributed by atoms with Crippen molar-refractivity contribution in [3.05, 3.63) is 35.1 Å². The summed E-state index contributed by atoms with van der Waals surface area (Å²) in [4.78, 5) is 12.8. The van der Waals surface area contributed by atoms with Crippen molar-refractivity contribution < 1.29 is 14.3 Å². The van der Waals surface area contributed by atoms with Gasteiger partial charge in [0, 0.05) is 18.5 Å². The standard InChI is InChI=1S/C15H17FN2O2/c16-14-2-1-12(9-17)7-13(14)10-18-5-3-11(4-6-18)8-15(19)20/h1-2,7,11H,3-6,8,10H2,(H,19,20). The molecule has 0 bridgehead atoms. The van der Waals surface area contributed by atoms with Crippen LogP contribution in [0.1, 0.15) is 30.4 Å². The minimum absolute atomic E-state index is 0.214. The molecule has 1 N–H and O–H groups in total. The molecule has 20 heavy (non-hydrogen) atoms. The molecular formula is C15H17FN2O2. The van der Waals surface area contributed by atoms with E-state index in [9.17, 15) is 9.18 Å². The number of piperidine rings is 1. The van der Waals surface area contributed by atoms with Crippen LogP contribution in [0.25, 0.3) is 0 Å². The summed E-state index contributed by atoms with van der Waals surface area (Å²) < 4.78 is 13.7. The van der Waals surface area contributed by atoms with Gasteiger partial charge in [-0.05, 0) is 50.0 Å². The van der Waals surface area contributed by atoms with E-state index in [0.717, 1.165) is 25.9 Å². The first-order valence-electron chi connectivity index (χ1n) is 6.71. The molecular weight excluding hydrogens is 259 g/mol. The third-order valence-electron chi connectivity index (χ3n) is 3.74. The molecule has 0 aromatic heterocycles. The molecule has 5 heteroatoms. The van der Waals surface area contributed by atoms with E-state index in [4.69, 9.17) is 10.4 Å². The van der Waals surface area contributed by atoms with Gasteiger partial charge in [0.25, 0.3) is 0 Å². The Morgan fingerprint density at radius 2 is 2.15 bits per heavy atom. The lowest BCUT2D eigenvalue weighted by atomic mass is 9.93. The van der Waals surface area contributed by atoms with Crippen LogP contribution in [0.3, 0.4) is 0 Å². The van der Waals surface area contributed by atoms with Crippen molar-refractivity contribution in [1.29, 1.82) is 5.26 Å². The lowest BCUT2D eigenvalue weighted by Crippen LogP contribution is -2.34. The van der Waals surface area contributed by atoms with Crippen molar-refractivity contribution in [2.45, 2.75) is 25.8 Å². The Kier molecular flexibility index (Phi) is 4.70. The molecule has 1 heterocycles. The Balaban J connectivity index is 1.93. The van der Waals surface area contributed by atoms with E-state index in [2.05, 4.69) is 4.90 Å². The van der Waals surface area contributed by atoms with Gasteiger partial charge in [0.2, 0.25) is 0 Å². The fourth-order valence-electron chi connectivity index (χ4n) is 2.60. The Morgan fingerprint density at radius 3 is 2.75 bits per heavy atom. The van der Waals surface area contributed by atoms with Crippen LogP contribution in [-0.4, -0.2) is 29.1 Å². The van der Waals surface area contributed by atoms with Crippen LogP contribution in [0.15, 0.2) is 18.2 Å². The second kappa shape index (κ2) is 6.49. The number of nitriles is 1. The highest BCUT2D eigenvalue weighted by Gasteiger charge is 2.21. The van der Waals surface area contributed by atoms with Crippen molar-refractivity contribution in [1.82, 2.24) is 4.90 Å². The highest BCUT2D eigenvalue weighted by molar-refractivity contribution is 5.67. The molecule has 0 amide bonds. The van der Waals surface area contributed by atoms with Crippen LogP contribution in [0.4, 0.5) is 4.39 Å². The summed E-state index contributed by atoms with van der Waals surface area (Å²) in [5.74, 6) is -0.827. The molecule has 1 aliphatic heterocycles. The van der Waals surface area contributed by atoms with Gasteiger partial charge in [-0.1, -0.05) is 0 Å². The summed E-state index contributed by atoms with van der Waals surface area (Å²) in [6, 6.07) is 6.39. The Bertz CT molecular complexity index is 531. The number of halogens is 1. The van der Waals surface area contributed by atoms with Gasteiger partial charge in [0.1, 0.15) is 5.82 Å². The zero-order valence-corrected chi connectivity index (χ0v) is 11.2.